The number of nitrogens with one attached hydrogen (secondary N) is 2. The summed E-state index contributed by atoms with van der Waals surface area (Å²) >= 11 is 0. The molecule has 3 N–H and O–H groups in total. The maximum Gasteiger partial charge on any atom is 0.326 e. The predicted octanol–water partition coefficient (Wildman–Crippen LogP) is 2.85. The van der Waals surface area contributed by atoms with Crippen molar-refractivity contribution < 1.29 is 14.7 Å². The Hall–Kier alpha value is -3.46. The molecule has 9 heteroatoms. The maximum absolute atomic E-state index is 12.9. The molecule has 36 heavy (non-hydrogen) atoms. The molecule has 0 bridgehead atoms. The third-order valence-corrected chi connectivity index (χ3v) is 7.50. The maximum atomic E-state index is 12.9. The van der Waals surface area contributed by atoms with E-state index in [1.807, 2.05) is 13.1 Å². The first-order valence-corrected chi connectivity index (χ1v) is 12.9. The van der Waals surface area contributed by atoms with Crippen LogP contribution in [0.15, 0.2) is 36.5 Å². The van der Waals surface area contributed by atoms with Crippen LogP contribution in [-0.2, 0) is 24.7 Å². The van der Waals surface area contributed by atoms with E-state index >= 15 is 0 Å². The minimum atomic E-state index is -1.01. The summed E-state index contributed by atoms with van der Waals surface area (Å²) in [6.07, 6.45) is 7.42. The number of fused-ring (bicyclic) bond motifs is 2. The smallest absolute Gasteiger partial charge is 0.326 e. The number of anilines is 1. The summed E-state index contributed by atoms with van der Waals surface area (Å²) in [7, 11) is 1.81. The monoisotopic (exact) mass is 490 g/mol. The number of likely N-dealkylation sites (tertiary alicyclic amines) is 1. The molecule has 0 radical (unpaired) electrons. The molecule has 1 saturated heterocycles. The molecular weight excluding hydrogens is 456 g/mol. The average Bonchev–Trinajstić information content (AvgIpc) is 3.51. The first-order chi connectivity index (χ1) is 17.5. The van der Waals surface area contributed by atoms with Crippen LogP contribution in [0.4, 0.5) is 5.82 Å². The third kappa shape index (κ3) is 5.36. The van der Waals surface area contributed by atoms with E-state index in [0.29, 0.717) is 29.8 Å². The molecule has 2 aromatic heterocycles. The number of carbonyl (C=O) groups is 2. The number of aliphatic carboxylic acids is 1. The highest BCUT2D eigenvalue weighted by Crippen LogP contribution is 2.24. The number of carboxylic acid groups (broad SMARTS) is 1. The fourth-order valence-corrected chi connectivity index (χ4v) is 5.39. The number of aryl methyl sites for hydroxylation is 3. The van der Waals surface area contributed by atoms with Gasteiger partial charge < -0.3 is 20.6 Å². The molecule has 0 saturated carbocycles. The fourth-order valence-electron chi connectivity index (χ4n) is 5.39. The lowest BCUT2D eigenvalue weighted by molar-refractivity contribution is -0.139. The summed E-state index contributed by atoms with van der Waals surface area (Å²) in [5, 5.41) is 20.8. The van der Waals surface area contributed by atoms with Crippen LogP contribution in [0.5, 0.6) is 0 Å². The van der Waals surface area contributed by atoms with Crippen molar-refractivity contribution in [3.63, 3.8) is 0 Å². The Bertz CT molecular complexity index is 1260. The Labute approximate surface area is 210 Å². The highest BCUT2D eigenvalue weighted by molar-refractivity contribution is 6.07. The Morgan fingerprint density at radius 2 is 2.17 bits per heavy atom. The quantitative estimate of drug-likeness (QED) is 0.423. The minimum absolute atomic E-state index is 0.370. The van der Waals surface area contributed by atoms with Crippen LogP contribution in [0, 0.1) is 5.92 Å². The third-order valence-electron chi connectivity index (χ3n) is 7.50. The summed E-state index contributed by atoms with van der Waals surface area (Å²) in [5.74, 6) is 0.238. The van der Waals surface area contributed by atoms with Crippen LogP contribution in [0.1, 0.15) is 47.3 Å². The van der Waals surface area contributed by atoms with Crippen molar-refractivity contribution in [2.24, 2.45) is 13.0 Å². The van der Waals surface area contributed by atoms with Gasteiger partial charge in [-0.15, -0.1) is 0 Å². The van der Waals surface area contributed by atoms with Gasteiger partial charge in [-0.25, -0.2) is 9.78 Å². The summed E-state index contributed by atoms with van der Waals surface area (Å²) in [5.41, 5.74) is 3.73. The molecule has 0 spiro atoms. The van der Waals surface area contributed by atoms with Gasteiger partial charge in [0.15, 0.2) is 0 Å². The average molecular weight is 491 g/mol. The van der Waals surface area contributed by atoms with E-state index in [9.17, 15) is 14.7 Å². The van der Waals surface area contributed by atoms with Crippen molar-refractivity contribution >= 4 is 28.6 Å². The van der Waals surface area contributed by atoms with Gasteiger partial charge >= 0.3 is 5.97 Å². The molecule has 2 aliphatic heterocycles. The molecule has 0 aliphatic carbocycles. The van der Waals surface area contributed by atoms with E-state index in [2.05, 4.69) is 32.8 Å². The van der Waals surface area contributed by atoms with Crippen molar-refractivity contribution in [1.82, 2.24) is 25.0 Å². The van der Waals surface area contributed by atoms with Crippen LogP contribution < -0.4 is 10.6 Å². The zero-order chi connectivity index (χ0) is 25.1. The number of aromatic nitrogens is 3. The van der Waals surface area contributed by atoms with Gasteiger partial charge in [-0.2, -0.15) is 5.10 Å². The van der Waals surface area contributed by atoms with Crippen LogP contribution in [0.3, 0.4) is 0 Å². The van der Waals surface area contributed by atoms with E-state index in [-0.39, 0.29) is 5.91 Å². The Morgan fingerprint density at radius 1 is 1.28 bits per heavy atom. The molecule has 2 atom stereocenters. The molecule has 3 aromatic rings. The van der Waals surface area contributed by atoms with E-state index in [0.717, 1.165) is 62.3 Å². The first kappa shape index (κ1) is 24.2. The summed E-state index contributed by atoms with van der Waals surface area (Å²) < 4.78 is 1.70. The van der Waals surface area contributed by atoms with Crippen molar-refractivity contribution in [2.45, 2.75) is 44.6 Å². The van der Waals surface area contributed by atoms with Crippen LogP contribution in [0.25, 0.3) is 10.9 Å². The number of benzene rings is 1. The molecule has 2 aliphatic rings. The van der Waals surface area contributed by atoms with Gasteiger partial charge in [0.1, 0.15) is 11.9 Å². The summed E-state index contributed by atoms with van der Waals surface area (Å²) in [6.45, 7) is 3.56. The number of nitrogens with zero attached hydrogens (tertiary/aromatic N) is 4. The van der Waals surface area contributed by atoms with E-state index in [1.54, 1.807) is 23.0 Å². The lowest BCUT2D eigenvalue weighted by Crippen LogP contribution is -2.43. The number of pyridine rings is 1. The second-order valence-electron chi connectivity index (χ2n) is 9.99. The molecule has 1 fully saturated rings. The molecule has 190 valence electrons. The van der Waals surface area contributed by atoms with E-state index < -0.39 is 12.0 Å². The normalized spacial score (nSPS) is 18.5. The van der Waals surface area contributed by atoms with Crippen LogP contribution in [0.2, 0.25) is 0 Å². The Kier molecular flexibility index (Phi) is 7.18. The van der Waals surface area contributed by atoms with Gasteiger partial charge in [0.25, 0.3) is 5.91 Å². The second kappa shape index (κ2) is 10.7. The van der Waals surface area contributed by atoms with Gasteiger partial charge in [-0.1, -0.05) is 12.1 Å². The zero-order valence-corrected chi connectivity index (χ0v) is 20.7. The molecule has 9 nitrogen and oxygen atoms in total. The molecular formula is C27H34N6O3. The summed E-state index contributed by atoms with van der Waals surface area (Å²) in [4.78, 5) is 31.9. The largest absolute Gasteiger partial charge is 0.480 e. The van der Waals surface area contributed by atoms with Crippen molar-refractivity contribution in [1.29, 1.82) is 0 Å². The topological polar surface area (TPSA) is 112 Å². The summed E-state index contributed by atoms with van der Waals surface area (Å²) in [6, 6.07) is 8.81. The van der Waals surface area contributed by atoms with Gasteiger partial charge in [-0.3, -0.25) is 9.48 Å². The number of hydrogen-bond acceptors (Lipinski definition) is 6. The van der Waals surface area contributed by atoms with Gasteiger partial charge in [-0.05, 0) is 74.8 Å². The highest BCUT2D eigenvalue weighted by Gasteiger charge is 2.26. The second-order valence-corrected chi connectivity index (χ2v) is 9.99. The molecule has 1 amide bonds. The fraction of sp³-hybridized carbons (Fsp3) is 0.481. The van der Waals surface area contributed by atoms with Gasteiger partial charge in [0.2, 0.25) is 0 Å². The molecule has 5 rings (SSSR count). The predicted molar refractivity (Wildman–Crippen MR) is 138 cm³/mol. The van der Waals surface area contributed by atoms with Crippen molar-refractivity contribution in [2.75, 3.05) is 31.5 Å². The minimum Gasteiger partial charge on any atom is -0.480 e. The highest BCUT2D eigenvalue weighted by atomic mass is 16.4. The van der Waals surface area contributed by atoms with Crippen molar-refractivity contribution in [3.8, 4) is 0 Å². The van der Waals surface area contributed by atoms with Gasteiger partial charge in [0, 0.05) is 37.8 Å². The SMILES string of the molecule is Cn1ncc2c(C(=O)N[C@H](CCN3CC[C@@H](CCc4ccc5c(n4)NCCC5)C3)C(=O)O)cccc21. The number of amides is 1. The lowest BCUT2D eigenvalue weighted by atomic mass is 10.00. The lowest BCUT2D eigenvalue weighted by Gasteiger charge is -2.20. The Balaban J connectivity index is 1.11. The number of carboxylic acids is 1. The Morgan fingerprint density at radius 3 is 3.03 bits per heavy atom. The van der Waals surface area contributed by atoms with Gasteiger partial charge in [0.05, 0.1) is 17.3 Å². The number of rotatable bonds is 9. The van der Waals surface area contributed by atoms with Crippen molar-refractivity contribution in [3.05, 3.63) is 53.3 Å². The van der Waals surface area contributed by atoms with Crippen LogP contribution >= 0.6 is 0 Å². The molecule has 4 heterocycles. The standard InChI is InChI=1S/C27H34N6O3/c1-32-24-6-2-5-21(22(24)16-29-32)26(34)31-23(27(35)36)12-15-33-14-11-18(17-33)7-9-20-10-8-19-4-3-13-28-25(19)30-20/h2,5-6,8,10,16,18,23H,3-4,7,9,11-15,17H2,1H3,(H,28,30)(H,31,34)(H,35,36)/t18-,23-/m1/s1. The molecule has 0 unspecified atom stereocenters. The zero-order valence-electron chi connectivity index (χ0n) is 20.7. The van der Waals surface area contributed by atoms with E-state index in [4.69, 9.17) is 4.98 Å². The first-order valence-electron chi connectivity index (χ1n) is 12.9. The van der Waals surface area contributed by atoms with E-state index in [1.165, 1.54) is 12.0 Å². The number of carbonyl (C=O) groups excluding carboxylic acids is 1. The van der Waals surface area contributed by atoms with Crippen LogP contribution in [-0.4, -0.2) is 68.9 Å². The number of hydrogen-bond donors (Lipinski definition) is 3. The molecule has 1 aromatic carbocycles.